The number of nitrogens with two attached hydrogens (primary N) is 1. The summed E-state index contributed by atoms with van der Waals surface area (Å²) in [5.74, 6) is -1.54. The molecule has 0 radical (unpaired) electrons. The van der Waals surface area contributed by atoms with E-state index in [4.69, 9.17) is 0 Å². The number of sulfonamides is 1. The van der Waals surface area contributed by atoms with E-state index in [-0.39, 0.29) is 0 Å². The molecule has 0 spiro atoms. The second-order valence-electron chi connectivity index (χ2n) is 2.36. The molecule has 0 bridgehead atoms. The molecule has 0 amide bonds. The smallest absolute Gasteiger partial charge is 0.228 e. The molecule has 2 N–H and O–H groups in total. The van der Waals surface area contributed by atoms with Crippen molar-refractivity contribution in [3.63, 3.8) is 0 Å². The van der Waals surface area contributed by atoms with E-state index in [1.807, 2.05) is 0 Å². The highest BCUT2D eigenvalue weighted by atomic mass is 32.2. The van der Waals surface area contributed by atoms with Gasteiger partial charge in [-0.2, -0.15) is 4.39 Å². The SMILES string of the molecule is NS(=O)(=O)c1ccnc(F)c1C(F)F. The highest BCUT2D eigenvalue weighted by molar-refractivity contribution is 7.89. The summed E-state index contributed by atoms with van der Waals surface area (Å²) in [6.07, 6.45) is -2.53. The third kappa shape index (κ3) is 2.02. The van der Waals surface area contributed by atoms with Crippen LogP contribution < -0.4 is 5.14 Å². The van der Waals surface area contributed by atoms with Gasteiger partial charge in [0, 0.05) is 6.20 Å². The predicted octanol–water partition coefficient (Wildman–Crippen LogP) is 0.806. The lowest BCUT2D eigenvalue weighted by Gasteiger charge is -2.06. The fraction of sp³-hybridized carbons (Fsp3) is 0.167. The van der Waals surface area contributed by atoms with Crippen molar-refractivity contribution in [2.24, 2.45) is 5.14 Å². The molecule has 4 nitrogen and oxygen atoms in total. The van der Waals surface area contributed by atoms with Crippen LogP contribution in [0.2, 0.25) is 0 Å². The average molecular weight is 226 g/mol. The zero-order valence-corrected chi connectivity index (χ0v) is 7.43. The maximum absolute atomic E-state index is 12.7. The summed E-state index contributed by atoms with van der Waals surface area (Å²) in [6.45, 7) is 0. The van der Waals surface area contributed by atoms with Gasteiger partial charge in [-0.25, -0.2) is 27.3 Å². The van der Waals surface area contributed by atoms with Gasteiger partial charge in [0.2, 0.25) is 16.0 Å². The van der Waals surface area contributed by atoms with Gasteiger partial charge < -0.3 is 0 Å². The number of primary sulfonamides is 1. The molecule has 0 fully saturated rings. The minimum absolute atomic E-state index is 0.722. The maximum Gasteiger partial charge on any atom is 0.269 e. The first kappa shape index (κ1) is 10.9. The van der Waals surface area contributed by atoms with Gasteiger partial charge in [-0.15, -0.1) is 0 Å². The molecule has 0 aliphatic heterocycles. The Morgan fingerprint density at radius 1 is 1.43 bits per heavy atom. The van der Waals surface area contributed by atoms with Gasteiger partial charge in [-0.3, -0.25) is 0 Å². The number of nitrogens with zero attached hydrogens (tertiary/aromatic N) is 1. The van der Waals surface area contributed by atoms with Crippen molar-refractivity contribution in [1.29, 1.82) is 0 Å². The summed E-state index contributed by atoms with van der Waals surface area (Å²) in [4.78, 5) is 1.96. The first-order valence-corrected chi connectivity index (χ1v) is 4.84. The molecular formula is C6H5F3N2O2S. The Bertz CT molecular complexity index is 446. The van der Waals surface area contributed by atoms with Crippen molar-refractivity contribution in [3.8, 4) is 0 Å². The van der Waals surface area contributed by atoms with E-state index >= 15 is 0 Å². The molecule has 0 saturated carbocycles. The fourth-order valence-corrected chi connectivity index (χ4v) is 1.61. The van der Waals surface area contributed by atoms with E-state index in [1.54, 1.807) is 0 Å². The molecule has 1 rings (SSSR count). The van der Waals surface area contributed by atoms with Crippen molar-refractivity contribution < 1.29 is 21.6 Å². The molecule has 14 heavy (non-hydrogen) atoms. The van der Waals surface area contributed by atoms with E-state index in [9.17, 15) is 21.6 Å². The normalized spacial score (nSPS) is 12.1. The van der Waals surface area contributed by atoms with Gasteiger partial charge in [0.05, 0.1) is 10.5 Å². The highest BCUT2D eigenvalue weighted by Crippen LogP contribution is 2.26. The van der Waals surface area contributed by atoms with Crippen LogP contribution in [0.5, 0.6) is 0 Å². The van der Waals surface area contributed by atoms with Crippen molar-refractivity contribution in [2.75, 3.05) is 0 Å². The molecule has 8 heteroatoms. The van der Waals surface area contributed by atoms with Crippen LogP contribution in [0.25, 0.3) is 0 Å². The Labute approximate surface area is 77.6 Å². The van der Waals surface area contributed by atoms with Crippen molar-refractivity contribution in [1.82, 2.24) is 4.98 Å². The summed E-state index contributed by atoms with van der Waals surface area (Å²) >= 11 is 0. The summed E-state index contributed by atoms with van der Waals surface area (Å²) in [7, 11) is -4.36. The molecule has 1 aromatic rings. The molecular weight excluding hydrogens is 221 g/mol. The number of aromatic nitrogens is 1. The molecule has 0 aliphatic rings. The molecule has 0 aliphatic carbocycles. The lowest BCUT2D eigenvalue weighted by Crippen LogP contribution is -2.16. The van der Waals surface area contributed by atoms with Crippen molar-refractivity contribution in [3.05, 3.63) is 23.8 Å². The fourth-order valence-electron chi connectivity index (χ4n) is 0.877. The molecule has 0 unspecified atom stereocenters. The van der Waals surface area contributed by atoms with E-state index in [0.717, 1.165) is 12.3 Å². The number of rotatable bonds is 2. The van der Waals surface area contributed by atoms with Crippen LogP contribution in [0.1, 0.15) is 12.0 Å². The first-order chi connectivity index (χ1) is 6.34. The summed E-state index contributed by atoms with van der Waals surface area (Å²) in [5.41, 5.74) is -1.30. The number of hydrogen-bond donors (Lipinski definition) is 1. The average Bonchev–Trinajstić information content (AvgIpc) is 2.01. The summed E-state index contributed by atoms with van der Waals surface area (Å²) in [6, 6.07) is 0.722. The molecule has 1 aromatic heterocycles. The van der Waals surface area contributed by atoms with Gasteiger partial charge in [-0.05, 0) is 6.07 Å². The summed E-state index contributed by atoms with van der Waals surface area (Å²) < 4.78 is 58.7. The minimum atomic E-state index is -4.36. The van der Waals surface area contributed by atoms with Crippen LogP contribution in [0.3, 0.4) is 0 Å². The van der Waals surface area contributed by atoms with E-state index in [2.05, 4.69) is 10.1 Å². The Kier molecular flexibility index (Phi) is 2.76. The quantitative estimate of drug-likeness (QED) is 0.758. The van der Waals surface area contributed by atoms with Gasteiger partial charge >= 0.3 is 0 Å². The van der Waals surface area contributed by atoms with Crippen LogP contribution in [-0.4, -0.2) is 13.4 Å². The maximum atomic E-state index is 12.7. The van der Waals surface area contributed by atoms with Crippen molar-refractivity contribution >= 4 is 10.0 Å². The van der Waals surface area contributed by atoms with Crippen LogP contribution >= 0.6 is 0 Å². The largest absolute Gasteiger partial charge is 0.269 e. The monoisotopic (exact) mass is 226 g/mol. The Morgan fingerprint density at radius 3 is 2.36 bits per heavy atom. The lowest BCUT2D eigenvalue weighted by molar-refractivity contribution is 0.141. The standard InChI is InChI=1S/C6H5F3N2O2S/c7-5(8)4-3(14(10,12)13)1-2-11-6(4)9/h1-2,5H,(H2,10,12,13). The molecule has 0 aromatic carbocycles. The first-order valence-electron chi connectivity index (χ1n) is 3.29. The second-order valence-corrected chi connectivity index (χ2v) is 3.89. The Morgan fingerprint density at radius 2 is 2.00 bits per heavy atom. The Balaban J connectivity index is 3.52. The van der Waals surface area contributed by atoms with Gasteiger partial charge in [0.15, 0.2) is 0 Å². The van der Waals surface area contributed by atoms with Crippen LogP contribution in [0.15, 0.2) is 17.2 Å². The van der Waals surface area contributed by atoms with Crippen LogP contribution in [0.4, 0.5) is 13.2 Å². The van der Waals surface area contributed by atoms with Gasteiger partial charge in [0.1, 0.15) is 0 Å². The topological polar surface area (TPSA) is 73.1 Å². The zero-order chi connectivity index (χ0) is 10.9. The molecule has 78 valence electrons. The van der Waals surface area contributed by atoms with E-state index in [0.29, 0.717) is 0 Å². The molecule has 0 saturated heterocycles. The Hall–Kier alpha value is -1.15. The summed E-state index contributed by atoms with van der Waals surface area (Å²) in [5, 5.41) is 4.61. The minimum Gasteiger partial charge on any atom is -0.228 e. The zero-order valence-electron chi connectivity index (χ0n) is 6.62. The third-order valence-electron chi connectivity index (χ3n) is 1.43. The van der Waals surface area contributed by atoms with Crippen molar-refractivity contribution in [2.45, 2.75) is 11.3 Å². The predicted molar refractivity (Wildman–Crippen MR) is 40.5 cm³/mol. The third-order valence-corrected chi connectivity index (χ3v) is 2.40. The van der Waals surface area contributed by atoms with Gasteiger partial charge in [-0.1, -0.05) is 0 Å². The number of hydrogen-bond acceptors (Lipinski definition) is 3. The second kappa shape index (κ2) is 3.54. The van der Waals surface area contributed by atoms with Crippen LogP contribution in [0, 0.1) is 5.95 Å². The number of pyridine rings is 1. The molecule has 1 heterocycles. The number of alkyl halides is 2. The van der Waals surface area contributed by atoms with E-state index < -0.39 is 32.9 Å². The van der Waals surface area contributed by atoms with Gasteiger partial charge in [0.25, 0.3) is 6.43 Å². The number of halogens is 3. The highest BCUT2D eigenvalue weighted by Gasteiger charge is 2.25. The molecule has 0 atom stereocenters. The van der Waals surface area contributed by atoms with Crippen LogP contribution in [-0.2, 0) is 10.0 Å². The van der Waals surface area contributed by atoms with E-state index in [1.165, 1.54) is 0 Å². The lowest BCUT2D eigenvalue weighted by atomic mass is 10.3.